The topological polar surface area (TPSA) is 108 Å². The van der Waals surface area contributed by atoms with E-state index in [1.165, 1.54) is 18.5 Å². The molecule has 0 aliphatic rings. The average Bonchev–Trinajstić information content (AvgIpc) is 2.79. The lowest BCUT2D eigenvalue weighted by Gasteiger charge is -2.12. The number of hydrogen-bond acceptors (Lipinski definition) is 6. The molecule has 0 amide bonds. The Hall–Kier alpha value is -1.93. The standard InChI is InChI=1S/C11H13N3O4S/c1-7-3-9(19(12,15)16)4-8(2)11(7)17-5-10-13-6-18-14-10/h3-4,6H,5H2,1-2H3,(H2,12,15,16). The number of rotatable bonds is 4. The van der Waals surface area contributed by atoms with Crippen LogP contribution in [0.1, 0.15) is 17.0 Å². The van der Waals surface area contributed by atoms with E-state index in [9.17, 15) is 8.42 Å². The molecule has 0 radical (unpaired) electrons. The van der Waals surface area contributed by atoms with Crippen molar-refractivity contribution < 1.29 is 17.7 Å². The van der Waals surface area contributed by atoms with Crippen molar-refractivity contribution in [2.45, 2.75) is 25.3 Å². The van der Waals surface area contributed by atoms with Gasteiger partial charge in [-0.1, -0.05) is 5.16 Å². The number of aryl methyl sites for hydroxylation is 2. The first-order valence-corrected chi connectivity index (χ1v) is 6.94. The van der Waals surface area contributed by atoms with E-state index in [4.69, 9.17) is 9.88 Å². The Morgan fingerprint density at radius 2 is 1.95 bits per heavy atom. The number of benzene rings is 1. The lowest BCUT2D eigenvalue weighted by molar-refractivity contribution is 0.283. The molecule has 0 spiro atoms. The zero-order chi connectivity index (χ0) is 14.0. The summed E-state index contributed by atoms with van der Waals surface area (Å²) in [6, 6.07) is 2.93. The largest absolute Gasteiger partial charge is 0.485 e. The van der Waals surface area contributed by atoms with Crippen molar-refractivity contribution in [1.82, 2.24) is 10.1 Å². The van der Waals surface area contributed by atoms with Gasteiger partial charge in [0.25, 0.3) is 0 Å². The molecule has 0 bridgehead atoms. The lowest BCUT2D eigenvalue weighted by atomic mass is 10.1. The zero-order valence-electron chi connectivity index (χ0n) is 10.5. The summed E-state index contributed by atoms with van der Waals surface area (Å²) in [6.45, 7) is 3.63. The molecule has 0 fully saturated rings. The van der Waals surface area contributed by atoms with Gasteiger partial charge < -0.3 is 9.26 Å². The number of sulfonamides is 1. The van der Waals surface area contributed by atoms with Crippen molar-refractivity contribution in [2.75, 3.05) is 0 Å². The molecule has 1 aromatic heterocycles. The molecule has 2 N–H and O–H groups in total. The first-order chi connectivity index (χ1) is 8.88. The summed E-state index contributed by atoms with van der Waals surface area (Å²) in [7, 11) is -3.72. The van der Waals surface area contributed by atoms with Crippen LogP contribution in [0.3, 0.4) is 0 Å². The highest BCUT2D eigenvalue weighted by molar-refractivity contribution is 7.89. The molecule has 0 atom stereocenters. The molecule has 0 aliphatic carbocycles. The highest BCUT2D eigenvalue weighted by Gasteiger charge is 2.14. The Morgan fingerprint density at radius 1 is 1.32 bits per heavy atom. The van der Waals surface area contributed by atoms with Gasteiger partial charge in [-0.2, -0.15) is 4.98 Å². The summed E-state index contributed by atoms with van der Waals surface area (Å²) >= 11 is 0. The molecule has 1 aromatic carbocycles. The highest BCUT2D eigenvalue weighted by Crippen LogP contribution is 2.26. The summed E-state index contributed by atoms with van der Waals surface area (Å²) in [5, 5.41) is 8.72. The van der Waals surface area contributed by atoms with Crippen LogP contribution in [-0.4, -0.2) is 18.6 Å². The molecule has 0 unspecified atom stereocenters. The third-order valence-corrected chi connectivity index (χ3v) is 3.41. The van der Waals surface area contributed by atoms with Gasteiger partial charge in [0.15, 0.2) is 6.61 Å². The second kappa shape index (κ2) is 4.98. The van der Waals surface area contributed by atoms with Gasteiger partial charge in [0.05, 0.1) is 4.90 Å². The second-order valence-electron chi connectivity index (χ2n) is 4.07. The molecule has 7 nitrogen and oxygen atoms in total. The molecule has 1 heterocycles. The maximum absolute atomic E-state index is 11.3. The first-order valence-electron chi connectivity index (χ1n) is 5.40. The molecule has 102 valence electrons. The highest BCUT2D eigenvalue weighted by atomic mass is 32.2. The van der Waals surface area contributed by atoms with Gasteiger partial charge in [-0.25, -0.2) is 13.6 Å². The summed E-state index contributed by atoms with van der Waals surface area (Å²) < 4.78 is 32.7. The average molecular weight is 283 g/mol. The van der Waals surface area contributed by atoms with Crippen LogP contribution in [0.15, 0.2) is 27.9 Å². The molecule has 0 saturated carbocycles. The fraction of sp³-hybridized carbons (Fsp3) is 0.273. The molecular formula is C11H13N3O4S. The van der Waals surface area contributed by atoms with Crippen molar-refractivity contribution in [3.05, 3.63) is 35.5 Å². The molecule has 19 heavy (non-hydrogen) atoms. The van der Waals surface area contributed by atoms with Gasteiger partial charge in [0, 0.05) is 0 Å². The van der Waals surface area contributed by atoms with E-state index in [0.717, 1.165) is 0 Å². The van der Waals surface area contributed by atoms with E-state index in [2.05, 4.69) is 14.7 Å². The Labute approximate surface area is 110 Å². The third-order valence-electron chi connectivity index (χ3n) is 2.51. The van der Waals surface area contributed by atoms with E-state index < -0.39 is 10.0 Å². The number of aromatic nitrogens is 2. The first kappa shape index (κ1) is 13.5. The van der Waals surface area contributed by atoms with Crippen LogP contribution in [0.2, 0.25) is 0 Å². The van der Waals surface area contributed by atoms with E-state index >= 15 is 0 Å². The smallest absolute Gasteiger partial charge is 0.238 e. The van der Waals surface area contributed by atoms with Crippen LogP contribution >= 0.6 is 0 Å². The monoisotopic (exact) mass is 283 g/mol. The van der Waals surface area contributed by atoms with Gasteiger partial charge in [-0.15, -0.1) is 0 Å². The third kappa shape index (κ3) is 3.09. The van der Waals surface area contributed by atoms with E-state index in [1.807, 2.05) is 0 Å². The van der Waals surface area contributed by atoms with Crippen LogP contribution in [-0.2, 0) is 16.6 Å². The van der Waals surface area contributed by atoms with E-state index in [1.54, 1.807) is 13.8 Å². The number of ether oxygens (including phenoxy) is 1. The SMILES string of the molecule is Cc1cc(S(N)(=O)=O)cc(C)c1OCc1ncon1. The van der Waals surface area contributed by atoms with Crippen LogP contribution in [0.25, 0.3) is 0 Å². The van der Waals surface area contributed by atoms with Gasteiger partial charge in [-0.05, 0) is 37.1 Å². The Bertz CT molecular complexity index is 657. The maximum Gasteiger partial charge on any atom is 0.238 e. The minimum absolute atomic E-state index is 0.0643. The Kier molecular flexibility index (Phi) is 3.54. The van der Waals surface area contributed by atoms with E-state index in [0.29, 0.717) is 22.7 Å². The van der Waals surface area contributed by atoms with Crippen LogP contribution < -0.4 is 9.88 Å². The molecule has 2 aromatic rings. The normalized spacial score (nSPS) is 11.5. The molecular weight excluding hydrogens is 270 g/mol. The fourth-order valence-corrected chi connectivity index (χ4v) is 2.38. The quantitative estimate of drug-likeness (QED) is 0.893. The lowest BCUT2D eigenvalue weighted by Crippen LogP contribution is -2.13. The van der Waals surface area contributed by atoms with Crippen LogP contribution in [0.5, 0.6) is 5.75 Å². The summed E-state index contributed by atoms with van der Waals surface area (Å²) in [5.74, 6) is 0.992. The van der Waals surface area contributed by atoms with E-state index in [-0.39, 0.29) is 11.5 Å². The molecule has 0 saturated heterocycles. The molecule has 8 heteroatoms. The van der Waals surface area contributed by atoms with Gasteiger partial charge in [0.2, 0.25) is 22.2 Å². The summed E-state index contributed by atoms with van der Waals surface area (Å²) in [6.07, 6.45) is 1.21. The molecule has 0 aliphatic heterocycles. The van der Waals surface area contributed by atoms with Crippen molar-refractivity contribution in [1.29, 1.82) is 0 Å². The minimum Gasteiger partial charge on any atom is -0.485 e. The minimum atomic E-state index is -3.72. The second-order valence-corrected chi connectivity index (χ2v) is 5.63. The maximum atomic E-state index is 11.3. The Morgan fingerprint density at radius 3 is 2.42 bits per heavy atom. The van der Waals surface area contributed by atoms with Gasteiger partial charge in [0.1, 0.15) is 5.75 Å². The predicted molar refractivity (Wildman–Crippen MR) is 65.9 cm³/mol. The molecule has 2 rings (SSSR count). The summed E-state index contributed by atoms with van der Waals surface area (Å²) in [4.78, 5) is 3.89. The van der Waals surface area contributed by atoms with Crippen LogP contribution in [0, 0.1) is 13.8 Å². The predicted octanol–water partition coefficient (Wildman–Crippen LogP) is 0.913. The van der Waals surface area contributed by atoms with Gasteiger partial charge in [-0.3, -0.25) is 0 Å². The van der Waals surface area contributed by atoms with Crippen LogP contribution in [0.4, 0.5) is 0 Å². The number of nitrogens with zero attached hydrogens (tertiary/aromatic N) is 2. The number of hydrogen-bond donors (Lipinski definition) is 1. The number of nitrogens with two attached hydrogens (primary N) is 1. The zero-order valence-corrected chi connectivity index (χ0v) is 11.3. The Balaban J connectivity index is 2.27. The summed E-state index contributed by atoms with van der Waals surface area (Å²) in [5.41, 5.74) is 1.35. The van der Waals surface area contributed by atoms with Crippen molar-refractivity contribution in [3.8, 4) is 5.75 Å². The number of primary sulfonamides is 1. The van der Waals surface area contributed by atoms with Crippen molar-refractivity contribution in [3.63, 3.8) is 0 Å². The fourth-order valence-electron chi connectivity index (χ4n) is 1.70. The van der Waals surface area contributed by atoms with Crippen molar-refractivity contribution >= 4 is 10.0 Å². The van der Waals surface area contributed by atoms with Crippen molar-refractivity contribution in [2.24, 2.45) is 5.14 Å². The van der Waals surface area contributed by atoms with Gasteiger partial charge >= 0.3 is 0 Å².